The topological polar surface area (TPSA) is 100 Å². The lowest BCUT2D eigenvalue weighted by Gasteiger charge is -2.06. The molecule has 9 heteroatoms. The predicted octanol–water partition coefficient (Wildman–Crippen LogP) is 4.27. The molecule has 3 heterocycles. The molecule has 0 saturated carbocycles. The number of Topliss-reactive ketones (excluding diaryl/α,β-unsaturated/α-hetero) is 1. The highest BCUT2D eigenvalue weighted by atomic mass is 32.1. The minimum absolute atomic E-state index is 0.0426. The molecule has 0 aliphatic heterocycles. The standard InChI is InChI=1S/C23H22N4O4S/c1-14-4-6-17(7-5-14)22-26-25-20(31-22)8-9-21(29)30-13-19(28)18-12-15(2)27(16(18)3)23-24-10-11-32-23/h4-7,10-12H,8-9,13H2,1-3H3. The van der Waals surface area contributed by atoms with Crippen LogP contribution in [-0.2, 0) is 16.0 Å². The van der Waals surface area contributed by atoms with Gasteiger partial charge >= 0.3 is 5.97 Å². The Balaban J connectivity index is 1.31. The number of carbonyl (C=O) groups excluding carboxylic acids is 2. The van der Waals surface area contributed by atoms with Crippen molar-refractivity contribution in [1.82, 2.24) is 19.7 Å². The molecule has 1 aromatic carbocycles. The molecule has 164 valence electrons. The van der Waals surface area contributed by atoms with Gasteiger partial charge in [0.25, 0.3) is 0 Å². The van der Waals surface area contributed by atoms with Crippen LogP contribution in [0.1, 0.15) is 39.6 Å². The molecule has 32 heavy (non-hydrogen) atoms. The molecule has 0 fully saturated rings. The number of esters is 1. The summed E-state index contributed by atoms with van der Waals surface area (Å²) in [5.41, 5.74) is 4.14. The smallest absolute Gasteiger partial charge is 0.306 e. The van der Waals surface area contributed by atoms with Crippen LogP contribution in [0.2, 0.25) is 0 Å². The molecule has 0 saturated heterocycles. The number of rotatable bonds is 8. The number of aryl methyl sites for hydroxylation is 3. The summed E-state index contributed by atoms with van der Waals surface area (Å²) < 4.78 is 12.7. The zero-order chi connectivity index (χ0) is 22.7. The molecule has 0 aliphatic rings. The summed E-state index contributed by atoms with van der Waals surface area (Å²) >= 11 is 1.49. The van der Waals surface area contributed by atoms with Crippen LogP contribution in [-0.4, -0.2) is 38.1 Å². The van der Waals surface area contributed by atoms with E-state index in [4.69, 9.17) is 9.15 Å². The number of benzene rings is 1. The maximum absolute atomic E-state index is 12.6. The molecule has 0 aliphatic carbocycles. The first-order valence-corrected chi connectivity index (χ1v) is 11.0. The second kappa shape index (κ2) is 9.27. The minimum Gasteiger partial charge on any atom is -0.457 e. The lowest BCUT2D eigenvalue weighted by molar-refractivity contribution is -0.142. The van der Waals surface area contributed by atoms with Crippen LogP contribution in [0.25, 0.3) is 16.6 Å². The average Bonchev–Trinajstić information content (AvgIpc) is 3.52. The molecular formula is C23H22N4O4S. The maximum Gasteiger partial charge on any atom is 0.306 e. The number of hydrogen-bond acceptors (Lipinski definition) is 8. The fraction of sp³-hybridized carbons (Fsp3) is 0.261. The third-order valence-corrected chi connectivity index (χ3v) is 5.77. The van der Waals surface area contributed by atoms with Crippen molar-refractivity contribution in [3.05, 3.63) is 70.3 Å². The summed E-state index contributed by atoms with van der Waals surface area (Å²) in [6, 6.07) is 9.51. The van der Waals surface area contributed by atoms with Gasteiger partial charge in [-0.1, -0.05) is 17.7 Å². The molecule has 0 amide bonds. The average molecular weight is 451 g/mol. The third kappa shape index (κ3) is 4.67. The van der Waals surface area contributed by atoms with E-state index < -0.39 is 5.97 Å². The fourth-order valence-electron chi connectivity index (χ4n) is 3.34. The van der Waals surface area contributed by atoms with Gasteiger partial charge in [-0.15, -0.1) is 21.5 Å². The first-order valence-electron chi connectivity index (χ1n) is 10.1. The predicted molar refractivity (Wildman–Crippen MR) is 119 cm³/mol. The molecule has 4 aromatic rings. The van der Waals surface area contributed by atoms with Gasteiger partial charge in [-0.05, 0) is 39.0 Å². The third-order valence-electron chi connectivity index (χ3n) is 5.01. The van der Waals surface area contributed by atoms with Crippen molar-refractivity contribution < 1.29 is 18.7 Å². The Hall–Kier alpha value is -3.59. The van der Waals surface area contributed by atoms with E-state index in [2.05, 4.69) is 15.2 Å². The van der Waals surface area contributed by atoms with Crippen molar-refractivity contribution >= 4 is 23.1 Å². The summed E-state index contributed by atoms with van der Waals surface area (Å²) in [6.07, 6.45) is 2.00. The number of thiazole rings is 1. The van der Waals surface area contributed by atoms with Crippen molar-refractivity contribution in [1.29, 1.82) is 0 Å². The molecule has 8 nitrogen and oxygen atoms in total. The summed E-state index contributed by atoms with van der Waals surface area (Å²) in [6.45, 7) is 5.44. The van der Waals surface area contributed by atoms with Crippen LogP contribution in [0.15, 0.2) is 46.3 Å². The SMILES string of the molecule is Cc1ccc(-c2nnc(CCC(=O)OCC(=O)c3cc(C)n(-c4nccs4)c3C)o2)cc1. The van der Waals surface area contributed by atoms with E-state index in [0.717, 1.165) is 27.6 Å². The molecule has 0 atom stereocenters. The highest BCUT2D eigenvalue weighted by Crippen LogP contribution is 2.23. The first kappa shape index (κ1) is 21.6. The van der Waals surface area contributed by atoms with Crippen molar-refractivity contribution in [2.45, 2.75) is 33.6 Å². The number of hydrogen-bond donors (Lipinski definition) is 0. The van der Waals surface area contributed by atoms with Crippen molar-refractivity contribution in [2.24, 2.45) is 0 Å². The van der Waals surface area contributed by atoms with Gasteiger partial charge in [0.1, 0.15) is 0 Å². The molecule has 4 rings (SSSR count). The van der Waals surface area contributed by atoms with E-state index in [1.165, 1.54) is 11.3 Å². The van der Waals surface area contributed by atoms with E-state index >= 15 is 0 Å². The second-order valence-corrected chi connectivity index (χ2v) is 8.26. The summed E-state index contributed by atoms with van der Waals surface area (Å²) in [5.74, 6) is -0.00847. The second-order valence-electron chi connectivity index (χ2n) is 7.39. The van der Waals surface area contributed by atoms with E-state index in [1.807, 2.05) is 55.0 Å². The van der Waals surface area contributed by atoms with Gasteiger partial charge in [-0.2, -0.15) is 0 Å². The van der Waals surface area contributed by atoms with Crippen LogP contribution >= 0.6 is 11.3 Å². The molecular weight excluding hydrogens is 428 g/mol. The Bertz CT molecular complexity index is 1240. The largest absolute Gasteiger partial charge is 0.457 e. The van der Waals surface area contributed by atoms with Crippen molar-refractivity contribution in [3.63, 3.8) is 0 Å². The number of ketones is 1. The van der Waals surface area contributed by atoms with E-state index in [9.17, 15) is 9.59 Å². The highest BCUT2D eigenvalue weighted by molar-refractivity contribution is 7.12. The van der Waals surface area contributed by atoms with Crippen LogP contribution < -0.4 is 0 Å². The Morgan fingerprint density at radius 3 is 2.62 bits per heavy atom. The van der Waals surface area contributed by atoms with Gasteiger partial charge in [-0.25, -0.2) is 4.98 Å². The lowest BCUT2D eigenvalue weighted by atomic mass is 10.1. The van der Waals surface area contributed by atoms with Gasteiger partial charge in [0, 0.05) is 40.5 Å². The van der Waals surface area contributed by atoms with E-state index in [1.54, 1.807) is 12.3 Å². The summed E-state index contributed by atoms with van der Waals surface area (Å²) in [7, 11) is 0. The zero-order valence-electron chi connectivity index (χ0n) is 18.0. The van der Waals surface area contributed by atoms with Crippen molar-refractivity contribution in [3.8, 4) is 16.6 Å². The Labute approximate surface area is 188 Å². The minimum atomic E-state index is -0.498. The van der Waals surface area contributed by atoms with Gasteiger partial charge in [-0.3, -0.25) is 14.2 Å². The molecule has 0 spiro atoms. The van der Waals surface area contributed by atoms with Crippen LogP contribution in [0.5, 0.6) is 0 Å². The van der Waals surface area contributed by atoms with Crippen LogP contribution in [0.4, 0.5) is 0 Å². The van der Waals surface area contributed by atoms with Crippen LogP contribution in [0, 0.1) is 20.8 Å². The monoisotopic (exact) mass is 450 g/mol. The molecule has 0 radical (unpaired) electrons. The van der Waals surface area contributed by atoms with Gasteiger partial charge in [0.2, 0.25) is 17.6 Å². The number of carbonyl (C=O) groups is 2. The fourth-order valence-corrected chi connectivity index (χ4v) is 4.09. The molecule has 3 aromatic heterocycles. The van der Waals surface area contributed by atoms with Crippen molar-refractivity contribution in [2.75, 3.05) is 6.61 Å². The van der Waals surface area contributed by atoms with E-state index in [0.29, 0.717) is 17.3 Å². The highest BCUT2D eigenvalue weighted by Gasteiger charge is 2.19. The molecule has 0 unspecified atom stereocenters. The Kier molecular flexibility index (Phi) is 6.27. The number of nitrogens with zero attached hydrogens (tertiary/aromatic N) is 4. The van der Waals surface area contributed by atoms with Crippen LogP contribution in [0.3, 0.4) is 0 Å². The Morgan fingerprint density at radius 1 is 1.12 bits per heavy atom. The van der Waals surface area contributed by atoms with Gasteiger partial charge < -0.3 is 9.15 Å². The van der Waals surface area contributed by atoms with E-state index in [-0.39, 0.29) is 25.2 Å². The number of aromatic nitrogens is 4. The quantitative estimate of drug-likeness (QED) is 0.292. The first-order chi connectivity index (χ1) is 15.4. The van der Waals surface area contributed by atoms with Gasteiger partial charge in [0.05, 0.1) is 6.42 Å². The zero-order valence-corrected chi connectivity index (χ0v) is 18.8. The summed E-state index contributed by atoms with van der Waals surface area (Å²) in [5, 5.41) is 10.7. The normalized spacial score (nSPS) is 11.0. The lowest BCUT2D eigenvalue weighted by Crippen LogP contribution is -2.15. The Morgan fingerprint density at radius 2 is 1.91 bits per heavy atom. The van der Waals surface area contributed by atoms with Gasteiger partial charge in [0.15, 0.2) is 11.7 Å². The molecule has 0 N–H and O–H groups in total. The summed E-state index contributed by atoms with van der Waals surface area (Å²) in [4.78, 5) is 29.0. The maximum atomic E-state index is 12.6. The molecule has 0 bridgehead atoms. The number of ether oxygens (including phenoxy) is 1.